The Bertz CT molecular complexity index is 421. The molecule has 3 nitrogen and oxygen atoms in total. The molecule has 2 rings (SSSR count). The topological polar surface area (TPSA) is 57.5 Å². The van der Waals surface area contributed by atoms with Crippen molar-refractivity contribution in [2.45, 2.75) is 20.3 Å². The van der Waals surface area contributed by atoms with Crippen molar-refractivity contribution in [3.05, 3.63) is 22.8 Å². The minimum atomic E-state index is -0.136. The molecule has 1 aromatic rings. The lowest BCUT2D eigenvalue weighted by Gasteiger charge is -2.06. The molecule has 1 atom stereocenters. The Morgan fingerprint density at radius 3 is 2.71 bits per heavy atom. The Morgan fingerprint density at radius 2 is 2.07 bits per heavy atom. The van der Waals surface area contributed by atoms with Crippen LogP contribution in [0.1, 0.15) is 28.4 Å². The highest BCUT2D eigenvalue weighted by Gasteiger charge is 2.32. The molecule has 0 saturated carbocycles. The zero-order chi connectivity index (χ0) is 10.5. The number of carbonyl (C=O) groups excluding carboxylic acids is 1. The number of rotatable bonds is 0. The molecule has 14 heavy (non-hydrogen) atoms. The molecule has 2 N–H and O–H groups in total. The van der Waals surface area contributed by atoms with Crippen LogP contribution >= 0.6 is 0 Å². The van der Waals surface area contributed by atoms with Crippen molar-refractivity contribution in [2.24, 2.45) is 5.92 Å². The smallest absolute Gasteiger partial charge is 0.170 e. The minimum absolute atomic E-state index is 0.00958. The van der Waals surface area contributed by atoms with Gasteiger partial charge in [-0.1, -0.05) is 6.92 Å². The highest BCUT2D eigenvalue weighted by atomic mass is 16.3. The van der Waals surface area contributed by atoms with Gasteiger partial charge in [0.15, 0.2) is 5.78 Å². The fourth-order valence-corrected chi connectivity index (χ4v) is 1.98. The van der Waals surface area contributed by atoms with Crippen LogP contribution in [0.25, 0.3) is 0 Å². The molecule has 0 aromatic heterocycles. The lowest BCUT2D eigenvalue weighted by atomic mass is 10.0. The Labute approximate surface area is 82.0 Å². The summed E-state index contributed by atoms with van der Waals surface area (Å²) in [5.41, 5.74) is 1.52. The van der Waals surface area contributed by atoms with E-state index in [0.29, 0.717) is 23.1 Å². The summed E-state index contributed by atoms with van der Waals surface area (Å²) < 4.78 is 0. The summed E-state index contributed by atoms with van der Waals surface area (Å²) in [4.78, 5) is 11.6. The largest absolute Gasteiger partial charge is 0.507 e. The summed E-state index contributed by atoms with van der Waals surface area (Å²) in [6, 6.07) is 1.43. The molecule has 0 amide bonds. The van der Waals surface area contributed by atoms with E-state index in [0.717, 1.165) is 0 Å². The highest BCUT2D eigenvalue weighted by molar-refractivity contribution is 6.05. The molecule has 1 aromatic carbocycles. The van der Waals surface area contributed by atoms with E-state index in [1.165, 1.54) is 6.07 Å². The van der Waals surface area contributed by atoms with E-state index < -0.39 is 0 Å². The van der Waals surface area contributed by atoms with Crippen LogP contribution in [0, 0.1) is 12.8 Å². The number of hydrogen-bond donors (Lipinski definition) is 2. The summed E-state index contributed by atoms with van der Waals surface area (Å²) in [5.74, 6) is -0.0726. The average Bonchev–Trinajstić information content (AvgIpc) is 2.40. The van der Waals surface area contributed by atoms with Crippen LogP contribution in [-0.2, 0) is 6.42 Å². The molecule has 0 heterocycles. The summed E-state index contributed by atoms with van der Waals surface area (Å²) in [7, 11) is 0. The first-order chi connectivity index (χ1) is 6.52. The summed E-state index contributed by atoms with van der Waals surface area (Å²) in [5, 5.41) is 19.3. The van der Waals surface area contributed by atoms with Gasteiger partial charge in [0, 0.05) is 11.5 Å². The fraction of sp³-hybridized carbons (Fsp3) is 0.364. The van der Waals surface area contributed by atoms with Gasteiger partial charge in [-0.2, -0.15) is 0 Å². The maximum Gasteiger partial charge on any atom is 0.170 e. The molecule has 1 aliphatic rings. The Morgan fingerprint density at radius 1 is 1.43 bits per heavy atom. The van der Waals surface area contributed by atoms with Gasteiger partial charge in [0.25, 0.3) is 0 Å². The van der Waals surface area contributed by atoms with Crippen molar-refractivity contribution < 1.29 is 15.0 Å². The zero-order valence-electron chi connectivity index (χ0n) is 8.16. The van der Waals surface area contributed by atoms with E-state index in [4.69, 9.17) is 0 Å². The molecule has 0 saturated heterocycles. The van der Waals surface area contributed by atoms with Crippen LogP contribution in [0.3, 0.4) is 0 Å². The highest BCUT2D eigenvalue weighted by Crippen LogP contribution is 2.40. The van der Waals surface area contributed by atoms with Gasteiger partial charge in [0.1, 0.15) is 11.5 Å². The zero-order valence-corrected chi connectivity index (χ0v) is 8.16. The molecule has 1 aliphatic carbocycles. The van der Waals surface area contributed by atoms with Crippen LogP contribution < -0.4 is 0 Å². The van der Waals surface area contributed by atoms with Gasteiger partial charge in [-0.05, 0) is 25.0 Å². The number of aromatic hydroxyl groups is 2. The van der Waals surface area contributed by atoms with Crippen LogP contribution in [0.2, 0.25) is 0 Å². The van der Waals surface area contributed by atoms with E-state index in [9.17, 15) is 15.0 Å². The second-order valence-electron chi connectivity index (χ2n) is 3.88. The first kappa shape index (κ1) is 9.06. The predicted molar refractivity (Wildman–Crippen MR) is 51.7 cm³/mol. The minimum Gasteiger partial charge on any atom is -0.507 e. The third-order valence-corrected chi connectivity index (χ3v) is 2.77. The Kier molecular flexibility index (Phi) is 1.77. The number of Topliss-reactive ketones (excluding diaryl/α,β-unsaturated/α-hetero) is 1. The van der Waals surface area contributed by atoms with Crippen LogP contribution in [0.4, 0.5) is 0 Å². The van der Waals surface area contributed by atoms with E-state index in [-0.39, 0.29) is 23.2 Å². The predicted octanol–water partition coefficient (Wildman–Crippen LogP) is 1.78. The van der Waals surface area contributed by atoms with Crippen molar-refractivity contribution in [1.82, 2.24) is 0 Å². The fourth-order valence-electron chi connectivity index (χ4n) is 1.98. The number of phenols is 2. The SMILES string of the molecule is Cc1cc(O)c2c(c1O)CC(C)C2=O. The van der Waals surface area contributed by atoms with Gasteiger partial charge in [0.2, 0.25) is 0 Å². The first-order valence-electron chi connectivity index (χ1n) is 4.61. The van der Waals surface area contributed by atoms with Gasteiger partial charge >= 0.3 is 0 Å². The molecule has 0 fully saturated rings. The summed E-state index contributed by atoms with van der Waals surface area (Å²) >= 11 is 0. The molecular weight excluding hydrogens is 180 g/mol. The monoisotopic (exact) mass is 192 g/mol. The maximum absolute atomic E-state index is 11.6. The number of phenolic OH excluding ortho intramolecular Hbond substituents is 2. The van der Waals surface area contributed by atoms with Crippen LogP contribution in [-0.4, -0.2) is 16.0 Å². The average molecular weight is 192 g/mol. The summed E-state index contributed by atoms with van der Waals surface area (Å²) in [6.45, 7) is 3.51. The second kappa shape index (κ2) is 2.74. The van der Waals surface area contributed by atoms with Crippen molar-refractivity contribution >= 4 is 5.78 Å². The molecular formula is C11H12O3. The van der Waals surface area contributed by atoms with E-state index in [2.05, 4.69) is 0 Å². The van der Waals surface area contributed by atoms with Gasteiger partial charge in [-0.25, -0.2) is 0 Å². The molecule has 0 bridgehead atoms. The molecule has 0 aliphatic heterocycles. The van der Waals surface area contributed by atoms with Crippen molar-refractivity contribution in [3.63, 3.8) is 0 Å². The van der Waals surface area contributed by atoms with E-state index in [1.807, 2.05) is 0 Å². The van der Waals surface area contributed by atoms with Gasteiger partial charge in [-0.3, -0.25) is 4.79 Å². The van der Waals surface area contributed by atoms with Gasteiger partial charge in [-0.15, -0.1) is 0 Å². The number of fused-ring (bicyclic) bond motifs is 1. The Balaban J connectivity index is 2.73. The third-order valence-electron chi connectivity index (χ3n) is 2.77. The molecule has 3 heteroatoms. The van der Waals surface area contributed by atoms with Crippen LogP contribution in [0.15, 0.2) is 6.07 Å². The van der Waals surface area contributed by atoms with Gasteiger partial charge in [0.05, 0.1) is 5.56 Å². The maximum atomic E-state index is 11.6. The molecule has 1 unspecified atom stereocenters. The number of carbonyl (C=O) groups is 1. The lowest BCUT2D eigenvalue weighted by Crippen LogP contribution is -2.03. The molecule has 74 valence electrons. The first-order valence-corrected chi connectivity index (χ1v) is 4.61. The van der Waals surface area contributed by atoms with Crippen molar-refractivity contribution in [3.8, 4) is 11.5 Å². The normalized spacial score (nSPS) is 19.9. The molecule has 0 spiro atoms. The number of benzene rings is 1. The lowest BCUT2D eigenvalue weighted by molar-refractivity contribution is 0.0944. The van der Waals surface area contributed by atoms with Crippen LogP contribution in [0.5, 0.6) is 11.5 Å². The van der Waals surface area contributed by atoms with Gasteiger partial charge < -0.3 is 10.2 Å². The number of ketones is 1. The van der Waals surface area contributed by atoms with Crippen molar-refractivity contribution in [2.75, 3.05) is 0 Å². The van der Waals surface area contributed by atoms with E-state index >= 15 is 0 Å². The van der Waals surface area contributed by atoms with Crippen molar-refractivity contribution in [1.29, 1.82) is 0 Å². The number of aryl methyl sites for hydroxylation is 1. The summed E-state index contributed by atoms with van der Waals surface area (Å²) in [6.07, 6.45) is 0.523. The Hall–Kier alpha value is -1.51. The quantitative estimate of drug-likeness (QED) is 0.616. The van der Waals surface area contributed by atoms with E-state index in [1.54, 1.807) is 13.8 Å². The molecule has 0 radical (unpaired) electrons. The number of hydrogen-bond acceptors (Lipinski definition) is 3. The second-order valence-corrected chi connectivity index (χ2v) is 3.88. The standard InChI is InChI=1S/C11H12O3/c1-5-3-7-9(11(5)14)8(12)4-6(2)10(7)13/h4-5,12-13H,3H2,1-2H3. The third kappa shape index (κ3) is 1.02.